The van der Waals surface area contributed by atoms with Crippen molar-refractivity contribution < 1.29 is 12.8 Å². The van der Waals surface area contributed by atoms with Gasteiger partial charge in [0.1, 0.15) is 0 Å². The van der Waals surface area contributed by atoms with Crippen LogP contribution in [0.3, 0.4) is 0 Å². The number of hydrogen-bond donors (Lipinski definition) is 2. The fourth-order valence-corrected chi connectivity index (χ4v) is 0.253. The van der Waals surface area contributed by atoms with Gasteiger partial charge in [0.25, 0.3) is 0 Å². The third kappa shape index (κ3) is 9.85. The monoisotopic (exact) mass is 145 g/mol. The second-order valence-corrected chi connectivity index (χ2v) is 1.29. The van der Waals surface area contributed by atoms with Crippen molar-refractivity contribution in [3.63, 3.8) is 0 Å². The fraction of sp³-hybridized carbons (Fsp3) is 0.750. The molecule has 0 bridgehead atoms. The molecule has 3 nitrogen and oxygen atoms in total. The van der Waals surface area contributed by atoms with Gasteiger partial charge in [-0.3, -0.25) is 4.79 Å². The van der Waals surface area contributed by atoms with E-state index in [0.29, 0.717) is 13.0 Å². The van der Waals surface area contributed by atoms with Gasteiger partial charge < -0.3 is 13.7 Å². The zero-order chi connectivity index (χ0) is 5.70. The summed E-state index contributed by atoms with van der Waals surface area (Å²) >= 11 is 0. The van der Waals surface area contributed by atoms with Crippen LogP contribution in [-0.4, -0.2) is 55.4 Å². The van der Waals surface area contributed by atoms with Crippen molar-refractivity contribution in [2.75, 3.05) is 6.54 Å². The second kappa shape index (κ2) is 7.69. The average Bonchev–Trinajstić information content (AvgIpc) is 1.61. The van der Waals surface area contributed by atoms with Crippen LogP contribution in [0.2, 0.25) is 0 Å². The minimum atomic E-state index is -0.773. The molecule has 0 aliphatic rings. The minimum Gasteiger partial charge on any atom is -1.00 e. The fourth-order valence-electron chi connectivity index (χ4n) is 0.253. The Balaban J connectivity index is -0.0000000600. The maximum absolute atomic E-state index is 9.70. The van der Waals surface area contributed by atoms with E-state index < -0.39 is 5.97 Å². The predicted octanol–water partition coefficient (Wildman–Crippen LogP) is -0.346. The Morgan fingerprint density at radius 2 is 2.25 bits per heavy atom. The first-order valence-electron chi connectivity index (χ1n) is 2.19. The molecule has 0 aromatic heterocycles. The Bertz CT molecular complexity index is 74.3. The second-order valence-electron chi connectivity index (χ2n) is 1.29. The summed E-state index contributed by atoms with van der Waals surface area (Å²) in [5, 5.41) is 7.99. The van der Waals surface area contributed by atoms with Gasteiger partial charge in [0.15, 0.2) is 0 Å². The van der Waals surface area contributed by atoms with Crippen LogP contribution in [0.25, 0.3) is 0 Å². The molecule has 0 spiro atoms. The molecule has 0 rings (SSSR count). The van der Waals surface area contributed by atoms with E-state index >= 15 is 0 Å². The van der Waals surface area contributed by atoms with Crippen LogP contribution in [0.1, 0.15) is 15.7 Å². The van der Waals surface area contributed by atoms with Crippen molar-refractivity contribution in [2.24, 2.45) is 5.73 Å². The number of rotatable bonds is 3. The Labute approximate surface area is 81.2 Å². The SMILES string of the molecule is NCCCC(=O)O.[Ca+2].[H-].[H-]. The Morgan fingerprint density at radius 3 is 2.38 bits per heavy atom. The van der Waals surface area contributed by atoms with Crippen molar-refractivity contribution in [3.05, 3.63) is 0 Å². The summed E-state index contributed by atoms with van der Waals surface area (Å²) in [6.07, 6.45) is 0.770. The number of aliphatic carboxylic acids is 1. The van der Waals surface area contributed by atoms with Crippen molar-refractivity contribution in [2.45, 2.75) is 12.8 Å². The smallest absolute Gasteiger partial charge is 1.00 e. The molecule has 0 radical (unpaired) electrons. The van der Waals surface area contributed by atoms with Gasteiger partial charge in [-0.1, -0.05) is 0 Å². The summed E-state index contributed by atoms with van der Waals surface area (Å²) in [6, 6.07) is 0. The number of carboxylic acid groups (broad SMARTS) is 1. The molecule has 0 aromatic rings. The van der Waals surface area contributed by atoms with Gasteiger partial charge in [-0.05, 0) is 13.0 Å². The largest absolute Gasteiger partial charge is 2.00 e. The third-order valence-corrected chi connectivity index (χ3v) is 0.595. The Hall–Kier alpha value is 0.690. The van der Waals surface area contributed by atoms with Crippen LogP contribution in [-0.2, 0) is 4.79 Å². The van der Waals surface area contributed by atoms with Gasteiger partial charge in [0.2, 0.25) is 0 Å². The predicted molar refractivity (Wildman–Crippen MR) is 33.9 cm³/mol. The molecule has 0 saturated heterocycles. The molecule has 0 amide bonds. The van der Waals surface area contributed by atoms with E-state index in [1.165, 1.54) is 0 Å². The molecule has 46 valence electrons. The molecule has 4 heteroatoms. The van der Waals surface area contributed by atoms with Crippen LogP contribution < -0.4 is 5.73 Å². The Morgan fingerprint density at radius 1 is 1.75 bits per heavy atom. The molecule has 0 atom stereocenters. The molecule has 0 fully saturated rings. The number of nitrogens with two attached hydrogens (primary N) is 1. The summed E-state index contributed by atoms with van der Waals surface area (Å²) in [6.45, 7) is 0.465. The molecule has 0 aromatic carbocycles. The summed E-state index contributed by atoms with van der Waals surface area (Å²) in [4.78, 5) is 9.70. The van der Waals surface area contributed by atoms with Gasteiger partial charge >= 0.3 is 43.7 Å². The maximum Gasteiger partial charge on any atom is 2.00 e. The van der Waals surface area contributed by atoms with E-state index in [9.17, 15) is 4.79 Å². The van der Waals surface area contributed by atoms with Gasteiger partial charge in [0.05, 0.1) is 0 Å². The van der Waals surface area contributed by atoms with Crippen molar-refractivity contribution >= 4 is 43.7 Å². The van der Waals surface area contributed by atoms with Gasteiger partial charge in [-0.2, -0.15) is 0 Å². The Kier molecular flexibility index (Phi) is 11.0. The minimum absolute atomic E-state index is 0. The zero-order valence-electron chi connectivity index (χ0n) is 6.76. The zero-order valence-corrected chi connectivity index (χ0v) is 6.97. The summed E-state index contributed by atoms with van der Waals surface area (Å²) in [7, 11) is 0. The van der Waals surface area contributed by atoms with E-state index in [1.807, 2.05) is 0 Å². The first-order valence-corrected chi connectivity index (χ1v) is 2.19. The van der Waals surface area contributed by atoms with E-state index in [1.54, 1.807) is 0 Å². The van der Waals surface area contributed by atoms with Crippen LogP contribution >= 0.6 is 0 Å². The van der Waals surface area contributed by atoms with Crippen LogP contribution in [0.4, 0.5) is 0 Å². The molecule has 0 saturated carbocycles. The third-order valence-electron chi connectivity index (χ3n) is 0.595. The van der Waals surface area contributed by atoms with E-state index in [2.05, 4.69) is 0 Å². The van der Waals surface area contributed by atoms with Gasteiger partial charge in [-0.25, -0.2) is 0 Å². The number of carboxylic acids is 1. The molecule has 0 aliphatic heterocycles. The molecule has 8 heavy (non-hydrogen) atoms. The van der Waals surface area contributed by atoms with Crippen molar-refractivity contribution in [1.29, 1.82) is 0 Å². The molecule has 0 aliphatic carbocycles. The average molecular weight is 145 g/mol. The quantitative estimate of drug-likeness (QED) is 0.534. The van der Waals surface area contributed by atoms with Crippen molar-refractivity contribution in [1.82, 2.24) is 0 Å². The summed E-state index contributed by atoms with van der Waals surface area (Å²) < 4.78 is 0. The van der Waals surface area contributed by atoms with Crippen LogP contribution in [0.15, 0.2) is 0 Å². The molecular weight excluding hydrogens is 134 g/mol. The molecular formula is C4H11CaNO2. The molecule has 3 N–H and O–H groups in total. The first kappa shape index (κ1) is 11.5. The first-order chi connectivity index (χ1) is 3.27. The van der Waals surface area contributed by atoms with Crippen LogP contribution in [0.5, 0.6) is 0 Å². The van der Waals surface area contributed by atoms with Gasteiger partial charge in [-0.15, -0.1) is 0 Å². The topological polar surface area (TPSA) is 63.3 Å². The standard InChI is InChI=1S/C4H9NO2.Ca.2H/c5-3-1-2-4(6)7;;;/h1-3,5H2,(H,6,7);;;/q;+2;2*-1. The summed E-state index contributed by atoms with van der Waals surface area (Å²) in [5.41, 5.74) is 5.01. The van der Waals surface area contributed by atoms with E-state index in [-0.39, 0.29) is 47.0 Å². The summed E-state index contributed by atoms with van der Waals surface area (Å²) in [5.74, 6) is -0.773. The van der Waals surface area contributed by atoms with E-state index in [0.717, 1.165) is 0 Å². The normalized spacial score (nSPS) is 7.62. The van der Waals surface area contributed by atoms with Crippen molar-refractivity contribution in [3.8, 4) is 0 Å². The number of carbonyl (C=O) groups is 1. The maximum atomic E-state index is 9.70. The number of hydrogen-bond acceptors (Lipinski definition) is 2. The van der Waals surface area contributed by atoms with Crippen LogP contribution in [0, 0.1) is 0 Å². The van der Waals surface area contributed by atoms with E-state index in [4.69, 9.17) is 10.8 Å². The van der Waals surface area contributed by atoms with Gasteiger partial charge in [0, 0.05) is 6.42 Å². The molecule has 0 unspecified atom stereocenters. The molecule has 0 heterocycles.